The van der Waals surface area contributed by atoms with Gasteiger partial charge < -0.3 is 5.32 Å². The molecule has 2 nitrogen and oxygen atoms in total. The largest absolute Gasteiger partial charge is 0.354 e. The summed E-state index contributed by atoms with van der Waals surface area (Å²) in [5.74, 6) is 0.0477. The zero-order valence-electron chi connectivity index (χ0n) is 8.56. The third kappa shape index (κ3) is 3.55. The highest BCUT2D eigenvalue weighted by Gasteiger charge is 2.33. The molecule has 1 amide bonds. The van der Waals surface area contributed by atoms with E-state index in [4.69, 9.17) is 11.6 Å². The third-order valence-electron chi connectivity index (χ3n) is 2.52. The highest BCUT2D eigenvalue weighted by atomic mass is 35.5. The summed E-state index contributed by atoms with van der Waals surface area (Å²) in [4.78, 5) is 10.9. The molecule has 0 heterocycles. The lowest BCUT2D eigenvalue weighted by Gasteiger charge is -2.38. The molecule has 1 aliphatic rings. The summed E-state index contributed by atoms with van der Waals surface area (Å²) in [6.07, 6.45) is 2.99. The number of nitrogens with one attached hydrogen (secondary N) is 1. The van der Waals surface area contributed by atoms with Crippen molar-refractivity contribution in [2.75, 3.05) is 0 Å². The molecular weight excluding hydrogens is 186 g/mol. The Kier molecular flexibility index (Phi) is 3.23. The van der Waals surface area contributed by atoms with E-state index >= 15 is 0 Å². The SMILES string of the molecule is CC(=O)NC1CC(Cl)CC(C)(C)C1. The first-order valence-electron chi connectivity index (χ1n) is 4.80. The minimum absolute atomic E-state index is 0.0477. The second-order valence-electron chi connectivity index (χ2n) is 4.80. The minimum atomic E-state index is 0.0477. The lowest BCUT2D eigenvalue weighted by Crippen LogP contribution is -2.43. The average molecular weight is 204 g/mol. The fourth-order valence-electron chi connectivity index (χ4n) is 2.22. The molecule has 1 aliphatic carbocycles. The second kappa shape index (κ2) is 3.87. The molecule has 3 heteroatoms. The molecule has 76 valence electrons. The van der Waals surface area contributed by atoms with E-state index < -0.39 is 0 Å². The maximum absolute atomic E-state index is 10.9. The zero-order valence-corrected chi connectivity index (χ0v) is 9.32. The van der Waals surface area contributed by atoms with Crippen molar-refractivity contribution in [3.63, 3.8) is 0 Å². The van der Waals surface area contributed by atoms with Crippen molar-refractivity contribution in [3.05, 3.63) is 0 Å². The molecule has 2 atom stereocenters. The van der Waals surface area contributed by atoms with Gasteiger partial charge in [-0.05, 0) is 24.7 Å². The van der Waals surface area contributed by atoms with Crippen LogP contribution in [0.25, 0.3) is 0 Å². The summed E-state index contributed by atoms with van der Waals surface area (Å²) in [6, 6.07) is 0.267. The predicted molar refractivity (Wildman–Crippen MR) is 54.9 cm³/mol. The average Bonchev–Trinajstić information content (AvgIpc) is 1.78. The Balaban J connectivity index is 2.52. The summed E-state index contributed by atoms with van der Waals surface area (Å²) >= 11 is 6.13. The lowest BCUT2D eigenvalue weighted by atomic mass is 9.75. The van der Waals surface area contributed by atoms with E-state index in [2.05, 4.69) is 19.2 Å². The third-order valence-corrected chi connectivity index (χ3v) is 2.85. The molecule has 2 unspecified atom stereocenters. The van der Waals surface area contributed by atoms with Gasteiger partial charge in [0.05, 0.1) is 0 Å². The maximum Gasteiger partial charge on any atom is 0.217 e. The van der Waals surface area contributed by atoms with Crippen molar-refractivity contribution in [2.45, 2.75) is 51.5 Å². The highest BCUT2D eigenvalue weighted by molar-refractivity contribution is 6.20. The van der Waals surface area contributed by atoms with E-state index in [1.165, 1.54) is 0 Å². The number of halogens is 1. The number of amides is 1. The van der Waals surface area contributed by atoms with E-state index in [-0.39, 0.29) is 22.7 Å². The van der Waals surface area contributed by atoms with Gasteiger partial charge in [0.2, 0.25) is 5.91 Å². The van der Waals surface area contributed by atoms with Crippen molar-refractivity contribution in [3.8, 4) is 0 Å². The van der Waals surface area contributed by atoms with E-state index in [9.17, 15) is 4.79 Å². The molecule has 0 aromatic carbocycles. The molecule has 0 aromatic heterocycles. The van der Waals surface area contributed by atoms with Crippen LogP contribution in [0.3, 0.4) is 0 Å². The number of hydrogen-bond donors (Lipinski definition) is 1. The maximum atomic E-state index is 10.9. The molecule has 0 saturated heterocycles. The Bertz CT molecular complexity index is 203. The Hall–Kier alpha value is -0.240. The quantitative estimate of drug-likeness (QED) is 0.652. The number of alkyl halides is 1. The number of rotatable bonds is 1. The van der Waals surface area contributed by atoms with E-state index in [1.807, 2.05) is 0 Å². The van der Waals surface area contributed by atoms with Crippen LogP contribution in [0.5, 0.6) is 0 Å². The molecule has 1 rings (SSSR count). The van der Waals surface area contributed by atoms with Crippen LogP contribution >= 0.6 is 11.6 Å². The summed E-state index contributed by atoms with van der Waals surface area (Å²) < 4.78 is 0. The van der Waals surface area contributed by atoms with Crippen LogP contribution in [0.1, 0.15) is 40.0 Å². The predicted octanol–water partition coefficient (Wildman–Crippen LogP) is 2.31. The molecular formula is C10H18ClNO. The van der Waals surface area contributed by atoms with Gasteiger partial charge in [-0.15, -0.1) is 11.6 Å². The van der Waals surface area contributed by atoms with Gasteiger partial charge in [-0.1, -0.05) is 13.8 Å². The van der Waals surface area contributed by atoms with Crippen LogP contribution < -0.4 is 5.32 Å². The normalized spacial score (nSPS) is 32.6. The van der Waals surface area contributed by atoms with Crippen LogP contribution in [0.2, 0.25) is 0 Å². The van der Waals surface area contributed by atoms with Gasteiger partial charge in [0, 0.05) is 18.3 Å². The van der Waals surface area contributed by atoms with Gasteiger partial charge >= 0.3 is 0 Å². The standard InChI is InChI=1S/C10H18ClNO/c1-7(13)12-9-4-8(11)5-10(2,3)6-9/h8-9H,4-6H2,1-3H3,(H,12,13). The summed E-state index contributed by atoms with van der Waals surface area (Å²) in [5, 5.41) is 3.15. The van der Waals surface area contributed by atoms with Crippen LogP contribution in [0.4, 0.5) is 0 Å². The molecule has 1 N–H and O–H groups in total. The zero-order chi connectivity index (χ0) is 10.1. The topological polar surface area (TPSA) is 29.1 Å². The van der Waals surface area contributed by atoms with Gasteiger partial charge in [0.15, 0.2) is 0 Å². The molecule has 0 spiro atoms. The van der Waals surface area contributed by atoms with Gasteiger partial charge in [-0.2, -0.15) is 0 Å². The Morgan fingerprint density at radius 3 is 2.54 bits per heavy atom. The number of hydrogen-bond acceptors (Lipinski definition) is 1. The molecule has 1 fully saturated rings. The molecule has 0 aliphatic heterocycles. The van der Waals surface area contributed by atoms with Gasteiger partial charge in [0.1, 0.15) is 0 Å². The summed E-state index contributed by atoms with van der Waals surface area (Å²) in [6.45, 7) is 5.97. The summed E-state index contributed by atoms with van der Waals surface area (Å²) in [5.41, 5.74) is 0.262. The van der Waals surface area contributed by atoms with E-state index in [1.54, 1.807) is 6.92 Å². The first kappa shape index (κ1) is 10.8. The van der Waals surface area contributed by atoms with Crippen molar-refractivity contribution in [2.24, 2.45) is 5.41 Å². The molecule has 0 aromatic rings. The van der Waals surface area contributed by atoms with Crippen LogP contribution in [-0.4, -0.2) is 17.3 Å². The number of carbonyl (C=O) groups excluding carboxylic acids is 1. The van der Waals surface area contributed by atoms with E-state index in [0.29, 0.717) is 0 Å². The van der Waals surface area contributed by atoms with Crippen molar-refractivity contribution < 1.29 is 4.79 Å². The van der Waals surface area contributed by atoms with Crippen LogP contribution in [-0.2, 0) is 4.79 Å². The van der Waals surface area contributed by atoms with Crippen LogP contribution in [0, 0.1) is 5.41 Å². The second-order valence-corrected chi connectivity index (χ2v) is 5.42. The Labute approximate surface area is 85.0 Å². The first-order chi connectivity index (χ1) is 5.89. The molecule has 0 radical (unpaired) electrons. The molecule has 1 saturated carbocycles. The van der Waals surface area contributed by atoms with Gasteiger partial charge in [-0.25, -0.2) is 0 Å². The van der Waals surface area contributed by atoms with E-state index in [0.717, 1.165) is 19.3 Å². The van der Waals surface area contributed by atoms with Gasteiger partial charge in [0.25, 0.3) is 0 Å². The van der Waals surface area contributed by atoms with Gasteiger partial charge in [-0.3, -0.25) is 4.79 Å². The smallest absolute Gasteiger partial charge is 0.217 e. The molecule has 0 bridgehead atoms. The highest BCUT2D eigenvalue weighted by Crippen LogP contribution is 2.37. The monoisotopic (exact) mass is 203 g/mol. The Morgan fingerprint density at radius 2 is 2.08 bits per heavy atom. The fourth-order valence-corrected chi connectivity index (χ4v) is 2.86. The van der Waals surface area contributed by atoms with Crippen molar-refractivity contribution in [1.82, 2.24) is 5.32 Å². The Morgan fingerprint density at radius 1 is 1.46 bits per heavy atom. The molecule has 13 heavy (non-hydrogen) atoms. The van der Waals surface area contributed by atoms with Crippen molar-refractivity contribution >= 4 is 17.5 Å². The van der Waals surface area contributed by atoms with Crippen LogP contribution in [0.15, 0.2) is 0 Å². The minimum Gasteiger partial charge on any atom is -0.354 e. The van der Waals surface area contributed by atoms with Crippen molar-refractivity contribution in [1.29, 1.82) is 0 Å². The lowest BCUT2D eigenvalue weighted by molar-refractivity contribution is -0.120. The summed E-state index contributed by atoms with van der Waals surface area (Å²) in [7, 11) is 0. The fraction of sp³-hybridized carbons (Fsp3) is 0.900. The number of carbonyl (C=O) groups is 1. The first-order valence-corrected chi connectivity index (χ1v) is 5.24.